The maximum atomic E-state index is 5.89. The molecule has 1 saturated heterocycles. The molecule has 5 heteroatoms. The Hall–Kier alpha value is -1.26. The molecule has 1 aromatic rings. The van der Waals surface area contributed by atoms with Crippen molar-refractivity contribution in [2.75, 3.05) is 26.2 Å². The van der Waals surface area contributed by atoms with Crippen molar-refractivity contribution in [3.05, 3.63) is 34.9 Å². The Bertz CT molecular complexity index is 455. The van der Waals surface area contributed by atoms with Gasteiger partial charge in [0.2, 0.25) is 0 Å². The summed E-state index contributed by atoms with van der Waals surface area (Å²) in [5.74, 6) is 0.883. The van der Waals surface area contributed by atoms with E-state index in [0.717, 1.165) is 62.9 Å². The smallest absolute Gasteiger partial charge is 0.191 e. The van der Waals surface area contributed by atoms with Crippen molar-refractivity contribution in [3.63, 3.8) is 0 Å². The van der Waals surface area contributed by atoms with E-state index in [-0.39, 0.29) is 0 Å². The number of halogens is 1. The lowest BCUT2D eigenvalue weighted by atomic mass is 10.1. The highest BCUT2D eigenvalue weighted by Crippen LogP contribution is 2.12. The van der Waals surface area contributed by atoms with E-state index in [4.69, 9.17) is 16.3 Å². The molecule has 1 atom stereocenters. The summed E-state index contributed by atoms with van der Waals surface area (Å²) < 4.78 is 5.60. The number of ether oxygens (including phenoxy) is 1. The van der Waals surface area contributed by atoms with Gasteiger partial charge >= 0.3 is 0 Å². The molecule has 1 aliphatic heterocycles. The Morgan fingerprint density at radius 3 is 2.82 bits per heavy atom. The largest absolute Gasteiger partial charge is 0.376 e. The van der Waals surface area contributed by atoms with Crippen molar-refractivity contribution in [2.45, 2.75) is 38.7 Å². The van der Waals surface area contributed by atoms with Crippen LogP contribution in [-0.2, 0) is 11.2 Å². The first-order valence-electron chi connectivity index (χ1n) is 8.16. The first-order chi connectivity index (χ1) is 10.8. The molecule has 0 aromatic heterocycles. The van der Waals surface area contributed by atoms with Crippen LogP contribution in [0.5, 0.6) is 0 Å². The quantitative estimate of drug-likeness (QED) is 0.460. The zero-order valence-corrected chi connectivity index (χ0v) is 14.0. The van der Waals surface area contributed by atoms with Crippen LogP contribution in [0, 0.1) is 0 Å². The van der Waals surface area contributed by atoms with E-state index in [0.29, 0.717) is 6.10 Å². The van der Waals surface area contributed by atoms with Gasteiger partial charge < -0.3 is 15.4 Å². The Kier molecular flexibility index (Phi) is 7.54. The topological polar surface area (TPSA) is 45.7 Å². The summed E-state index contributed by atoms with van der Waals surface area (Å²) in [5.41, 5.74) is 1.31. The molecular formula is C17H26ClN3O. The van der Waals surface area contributed by atoms with E-state index in [9.17, 15) is 0 Å². The van der Waals surface area contributed by atoms with Gasteiger partial charge in [-0.05, 0) is 50.3 Å². The molecule has 1 fully saturated rings. The summed E-state index contributed by atoms with van der Waals surface area (Å²) >= 11 is 5.89. The van der Waals surface area contributed by atoms with Crippen LogP contribution in [0.3, 0.4) is 0 Å². The van der Waals surface area contributed by atoms with Gasteiger partial charge in [-0.25, -0.2) is 0 Å². The van der Waals surface area contributed by atoms with E-state index in [2.05, 4.69) is 34.7 Å². The van der Waals surface area contributed by atoms with Gasteiger partial charge in [0.1, 0.15) is 0 Å². The third-order valence-electron chi connectivity index (χ3n) is 3.67. The lowest BCUT2D eigenvalue weighted by Gasteiger charge is -2.13. The second-order valence-corrected chi connectivity index (χ2v) is 5.95. The monoisotopic (exact) mass is 323 g/mol. The van der Waals surface area contributed by atoms with Crippen LogP contribution < -0.4 is 10.6 Å². The number of nitrogens with one attached hydrogen (secondary N) is 2. The first-order valence-corrected chi connectivity index (χ1v) is 8.54. The Morgan fingerprint density at radius 2 is 2.14 bits per heavy atom. The van der Waals surface area contributed by atoms with Crippen LogP contribution in [0.25, 0.3) is 0 Å². The van der Waals surface area contributed by atoms with Crippen molar-refractivity contribution in [1.82, 2.24) is 10.6 Å². The van der Waals surface area contributed by atoms with Crippen LogP contribution in [-0.4, -0.2) is 38.3 Å². The van der Waals surface area contributed by atoms with Gasteiger partial charge in [0, 0.05) is 24.7 Å². The Morgan fingerprint density at radius 1 is 1.32 bits per heavy atom. The zero-order valence-electron chi connectivity index (χ0n) is 13.3. The summed E-state index contributed by atoms with van der Waals surface area (Å²) in [6, 6.07) is 8.05. The van der Waals surface area contributed by atoms with E-state index >= 15 is 0 Å². The van der Waals surface area contributed by atoms with Crippen LogP contribution in [0.4, 0.5) is 0 Å². The van der Waals surface area contributed by atoms with E-state index in [1.807, 2.05) is 12.1 Å². The number of rotatable bonds is 7. The molecule has 0 aliphatic carbocycles. The molecule has 0 spiro atoms. The number of hydrogen-bond donors (Lipinski definition) is 2. The predicted molar refractivity (Wildman–Crippen MR) is 92.7 cm³/mol. The van der Waals surface area contributed by atoms with Crippen LogP contribution in [0.2, 0.25) is 5.02 Å². The maximum absolute atomic E-state index is 5.89. The minimum absolute atomic E-state index is 0.296. The van der Waals surface area contributed by atoms with Crippen molar-refractivity contribution < 1.29 is 4.74 Å². The molecule has 0 bridgehead atoms. The summed E-state index contributed by atoms with van der Waals surface area (Å²) in [4.78, 5) is 4.60. The molecule has 122 valence electrons. The highest BCUT2D eigenvalue weighted by molar-refractivity contribution is 6.30. The number of aryl methyl sites for hydroxylation is 1. The maximum Gasteiger partial charge on any atom is 0.191 e. The van der Waals surface area contributed by atoms with E-state index in [1.54, 1.807) is 0 Å². The standard InChI is InChI=1S/C17H26ClN3O/c1-2-19-17(21-13-16-6-4-12-22-16)20-11-3-5-14-7-9-15(18)10-8-14/h7-10,16H,2-6,11-13H2,1H3,(H2,19,20,21). The molecule has 22 heavy (non-hydrogen) atoms. The molecule has 0 amide bonds. The fraction of sp³-hybridized carbons (Fsp3) is 0.588. The summed E-state index contributed by atoms with van der Waals surface area (Å²) in [6.45, 7) is 5.48. The normalized spacial score (nSPS) is 18.5. The van der Waals surface area contributed by atoms with Crippen molar-refractivity contribution in [1.29, 1.82) is 0 Å². The number of aliphatic imine (C=N–C) groups is 1. The van der Waals surface area contributed by atoms with Crippen LogP contribution in [0.15, 0.2) is 29.3 Å². The SMILES string of the molecule is CCNC(=NCC1CCCO1)NCCCc1ccc(Cl)cc1. The van der Waals surface area contributed by atoms with Crippen LogP contribution >= 0.6 is 11.6 Å². The molecule has 1 heterocycles. The van der Waals surface area contributed by atoms with Gasteiger partial charge in [-0.2, -0.15) is 0 Å². The lowest BCUT2D eigenvalue weighted by Crippen LogP contribution is -2.38. The van der Waals surface area contributed by atoms with Gasteiger partial charge in [-0.1, -0.05) is 23.7 Å². The molecular weight excluding hydrogens is 298 g/mol. The minimum Gasteiger partial charge on any atom is -0.376 e. The van der Waals surface area contributed by atoms with Crippen molar-refractivity contribution in [2.24, 2.45) is 4.99 Å². The molecule has 1 aliphatic rings. The minimum atomic E-state index is 0.296. The highest BCUT2D eigenvalue weighted by Gasteiger charge is 2.14. The third kappa shape index (κ3) is 6.24. The predicted octanol–water partition coefficient (Wildman–Crippen LogP) is 3.01. The van der Waals surface area contributed by atoms with Gasteiger partial charge in [0.25, 0.3) is 0 Å². The third-order valence-corrected chi connectivity index (χ3v) is 3.92. The molecule has 2 rings (SSSR count). The van der Waals surface area contributed by atoms with Gasteiger partial charge in [0.05, 0.1) is 12.6 Å². The number of hydrogen-bond acceptors (Lipinski definition) is 2. The Balaban J connectivity index is 1.69. The Labute approximate surface area is 138 Å². The fourth-order valence-electron chi connectivity index (χ4n) is 2.47. The number of guanidine groups is 1. The summed E-state index contributed by atoms with van der Waals surface area (Å²) in [6.07, 6.45) is 4.68. The number of benzene rings is 1. The van der Waals surface area contributed by atoms with Gasteiger partial charge in [0.15, 0.2) is 5.96 Å². The van der Waals surface area contributed by atoms with E-state index in [1.165, 1.54) is 5.56 Å². The molecule has 0 radical (unpaired) electrons. The fourth-order valence-corrected chi connectivity index (χ4v) is 2.60. The second kappa shape index (κ2) is 9.70. The summed E-state index contributed by atoms with van der Waals surface area (Å²) in [7, 11) is 0. The van der Waals surface area contributed by atoms with Gasteiger partial charge in [-0.3, -0.25) is 4.99 Å². The van der Waals surface area contributed by atoms with E-state index < -0.39 is 0 Å². The molecule has 2 N–H and O–H groups in total. The first kappa shape index (κ1) is 17.1. The van der Waals surface area contributed by atoms with Gasteiger partial charge in [-0.15, -0.1) is 0 Å². The van der Waals surface area contributed by atoms with Crippen molar-refractivity contribution in [3.8, 4) is 0 Å². The van der Waals surface area contributed by atoms with Crippen molar-refractivity contribution >= 4 is 17.6 Å². The molecule has 4 nitrogen and oxygen atoms in total. The lowest BCUT2D eigenvalue weighted by molar-refractivity contribution is 0.117. The molecule has 1 aromatic carbocycles. The zero-order chi connectivity index (χ0) is 15.6. The average Bonchev–Trinajstić information content (AvgIpc) is 3.04. The highest BCUT2D eigenvalue weighted by atomic mass is 35.5. The number of nitrogens with zero attached hydrogens (tertiary/aromatic N) is 1. The van der Waals surface area contributed by atoms with Crippen LogP contribution in [0.1, 0.15) is 31.7 Å². The molecule has 1 unspecified atom stereocenters. The summed E-state index contributed by atoms with van der Waals surface area (Å²) in [5, 5.41) is 7.45. The average molecular weight is 324 g/mol. The molecule has 0 saturated carbocycles. The second-order valence-electron chi connectivity index (χ2n) is 5.51.